The standard InChI is InChI=1S/C12H20N2O3/c1-7-12(2,17-7)6-14-11(16)9-5-3-4-8(9)10(13)15/h7-9H,3-6H2,1-2H3,(H2,13,15)(H,14,16). The van der Waals surface area contributed by atoms with Crippen molar-refractivity contribution in [1.29, 1.82) is 0 Å². The number of nitrogens with two attached hydrogens (primary N) is 1. The molecule has 0 aromatic heterocycles. The summed E-state index contributed by atoms with van der Waals surface area (Å²) in [6, 6.07) is 0. The van der Waals surface area contributed by atoms with Gasteiger partial charge in [-0.05, 0) is 26.7 Å². The number of hydrogen-bond acceptors (Lipinski definition) is 3. The second kappa shape index (κ2) is 4.29. The number of epoxide rings is 1. The van der Waals surface area contributed by atoms with Gasteiger partial charge in [-0.15, -0.1) is 0 Å². The highest BCUT2D eigenvalue weighted by Gasteiger charge is 2.49. The molecule has 0 aromatic carbocycles. The number of hydrogen-bond donors (Lipinski definition) is 2. The zero-order valence-corrected chi connectivity index (χ0v) is 10.4. The summed E-state index contributed by atoms with van der Waals surface area (Å²) in [6.45, 7) is 4.46. The monoisotopic (exact) mass is 240 g/mol. The molecule has 5 heteroatoms. The third-order valence-corrected chi connectivity index (χ3v) is 4.08. The molecule has 3 N–H and O–H groups in total. The number of nitrogens with one attached hydrogen (secondary N) is 1. The summed E-state index contributed by atoms with van der Waals surface area (Å²) < 4.78 is 5.39. The molecule has 1 aliphatic carbocycles. The van der Waals surface area contributed by atoms with E-state index < -0.39 is 0 Å². The van der Waals surface area contributed by atoms with Crippen LogP contribution in [0.2, 0.25) is 0 Å². The van der Waals surface area contributed by atoms with Gasteiger partial charge in [0.05, 0.1) is 6.10 Å². The maximum atomic E-state index is 12.0. The van der Waals surface area contributed by atoms with E-state index in [4.69, 9.17) is 10.5 Å². The van der Waals surface area contributed by atoms with Gasteiger partial charge in [-0.25, -0.2) is 0 Å². The van der Waals surface area contributed by atoms with Gasteiger partial charge in [-0.1, -0.05) is 6.42 Å². The summed E-state index contributed by atoms with van der Waals surface area (Å²) in [6.07, 6.45) is 2.58. The third-order valence-electron chi connectivity index (χ3n) is 4.08. The van der Waals surface area contributed by atoms with Crippen molar-refractivity contribution in [2.45, 2.75) is 44.8 Å². The van der Waals surface area contributed by atoms with Gasteiger partial charge in [0.1, 0.15) is 5.60 Å². The van der Waals surface area contributed by atoms with Crippen LogP contribution in [0.4, 0.5) is 0 Å². The first-order valence-electron chi connectivity index (χ1n) is 6.19. The first-order valence-corrected chi connectivity index (χ1v) is 6.19. The van der Waals surface area contributed by atoms with Gasteiger partial charge in [-0.2, -0.15) is 0 Å². The van der Waals surface area contributed by atoms with Crippen molar-refractivity contribution in [3.05, 3.63) is 0 Å². The fourth-order valence-electron chi connectivity index (χ4n) is 2.56. The molecule has 2 rings (SSSR count). The van der Waals surface area contributed by atoms with Gasteiger partial charge < -0.3 is 15.8 Å². The molecule has 2 aliphatic rings. The van der Waals surface area contributed by atoms with E-state index in [9.17, 15) is 9.59 Å². The van der Waals surface area contributed by atoms with Crippen molar-refractivity contribution in [3.8, 4) is 0 Å². The van der Waals surface area contributed by atoms with Gasteiger partial charge in [-0.3, -0.25) is 9.59 Å². The molecular weight excluding hydrogens is 220 g/mol. The van der Waals surface area contributed by atoms with Crippen LogP contribution in [-0.2, 0) is 14.3 Å². The van der Waals surface area contributed by atoms with Crippen LogP contribution in [0.5, 0.6) is 0 Å². The Balaban J connectivity index is 1.85. The van der Waals surface area contributed by atoms with E-state index in [2.05, 4.69) is 5.32 Å². The predicted octanol–water partition coefficient (Wildman–Crippen LogP) is 0.182. The summed E-state index contributed by atoms with van der Waals surface area (Å²) in [5.41, 5.74) is 5.07. The van der Waals surface area contributed by atoms with Crippen molar-refractivity contribution < 1.29 is 14.3 Å². The molecule has 0 radical (unpaired) electrons. The van der Waals surface area contributed by atoms with Crippen molar-refractivity contribution in [1.82, 2.24) is 5.32 Å². The van der Waals surface area contributed by atoms with Gasteiger partial charge in [0.15, 0.2) is 0 Å². The van der Waals surface area contributed by atoms with Crippen LogP contribution in [0.3, 0.4) is 0 Å². The van der Waals surface area contributed by atoms with Crippen molar-refractivity contribution >= 4 is 11.8 Å². The number of carbonyl (C=O) groups excluding carboxylic acids is 2. The second-order valence-corrected chi connectivity index (χ2v) is 5.34. The second-order valence-electron chi connectivity index (χ2n) is 5.34. The third kappa shape index (κ3) is 2.44. The maximum Gasteiger partial charge on any atom is 0.224 e. The Kier molecular flexibility index (Phi) is 3.12. The molecule has 0 bridgehead atoms. The fourth-order valence-corrected chi connectivity index (χ4v) is 2.56. The van der Waals surface area contributed by atoms with Crippen LogP contribution in [0.1, 0.15) is 33.1 Å². The predicted molar refractivity (Wildman–Crippen MR) is 62.0 cm³/mol. The normalized spacial score (nSPS) is 40.0. The minimum atomic E-state index is -0.357. The number of carbonyl (C=O) groups is 2. The smallest absolute Gasteiger partial charge is 0.224 e. The number of primary amides is 1. The maximum absolute atomic E-state index is 12.0. The average Bonchev–Trinajstić information content (AvgIpc) is 2.70. The highest BCUT2D eigenvalue weighted by Crippen LogP contribution is 2.35. The molecule has 5 nitrogen and oxygen atoms in total. The molecule has 1 aliphatic heterocycles. The number of ether oxygens (including phenoxy) is 1. The lowest BCUT2D eigenvalue weighted by molar-refractivity contribution is -0.132. The lowest BCUT2D eigenvalue weighted by Crippen LogP contribution is -2.41. The molecule has 17 heavy (non-hydrogen) atoms. The van der Waals surface area contributed by atoms with E-state index in [1.54, 1.807) is 0 Å². The largest absolute Gasteiger partial charge is 0.369 e. The Morgan fingerprint density at radius 1 is 1.41 bits per heavy atom. The van der Waals surface area contributed by atoms with E-state index in [0.717, 1.165) is 19.3 Å². The van der Waals surface area contributed by atoms with Gasteiger partial charge in [0.25, 0.3) is 0 Å². The van der Waals surface area contributed by atoms with Crippen LogP contribution in [0.25, 0.3) is 0 Å². The van der Waals surface area contributed by atoms with Crippen molar-refractivity contribution in [2.75, 3.05) is 6.54 Å². The van der Waals surface area contributed by atoms with Gasteiger partial charge in [0, 0.05) is 18.4 Å². The van der Waals surface area contributed by atoms with Crippen molar-refractivity contribution in [2.24, 2.45) is 17.6 Å². The van der Waals surface area contributed by atoms with E-state index >= 15 is 0 Å². The molecule has 4 unspecified atom stereocenters. The molecule has 1 saturated carbocycles. The molecule has 1 heterocycles. The molecule has 1 saturated heterocycles. The molecule has 0 spiro atoms. The van der Waals surface area contributed by atoms with Gasteiger partial charge >= 0.3 is 0 Å². The topological polar surface area (TPSA) is 84.7 Å². The highest BCUT2D eigenvalue weighted by atomic mass is 16.6. The molecule has 0 aromatic rings. The summed E-state index contributed by atoms with van der Waals surface area (Å²) in [7, 11) is 0. The number of rotatable bonds is 4. The zero-order valence-electron chi connectivity index (χ0n) is 10.4. The molecule has 96 valence electrons. The molecular formula is C12H20N2O3. The highest BCUT2D eigenvalue weighted by molar-refractivity contribution is 5.87. The zero-order chi connectivity index (χ0) is 12.6. The first kappa shape index (κ1) is 12.4. The fraction of sp³-hybridized carbons (Fsp3) is 0.833. The lowest BCUT2D eigenvalue weighted by Gasteiger charge is -2.17. The van der Waals surface area contributed by atoms with E-state index in [1.165, 1.54) is 0 Å². The molecule has 2 amide bonds. The van der Waals surface area contributed by atoms with Crippen LogP contribution in [0.15, 0.2) is 0 Å². The van der Waals surface area contributed by atoms with Crippen LogP contribution in [-0.4, -0.2) is 30.1 Å². The Bertz CT molecular complexity index is 345. The first-order chi connectivity index (χ1) is 7.94. The summed E-state index contributed by atoms with van der Waals surface area (Å²) in [5, 5.41) is 2.87. The lowest BCUT2D eigenvalue weighted by atomic mass is 9.94. The number of amides is 2. The Morgan fingerprint density at radius 2 is 2.00 bits per heavy atom. The van der Waals surface area contributed by atoms with Gasteiger partial charge in [0.2, 0.25) is 11.8 Å². The average molecular weight is 240 g/mol. The Labute approximate surface area is 101 Å². The van der Waals surface area contributed by atoms with E-state index in [-0.39, 0.29) is 35.4 Å². The quantitative estimate of drug-likeness (QED) is 0.687. The minimum absolute atomic E-state index is 0.0600. The van der Waals surface area contributed by atoms with Crippen LogP contribution < -0.4 is 11.1 Å². The van der Waals surface area contributed by atoms with E-state index in [1.807, 2.05) is 13.8 Å². The summed E-state index contributed by atoms with van der Waals surface area (Å²) >= 11 is 0. The summed E-state index contributed by atoms with van der Waals surface area (Å²) in [4.78, 5) is 23.2. The van der Waals surface area contributed by atoms with Crippen LogP contribution in [0, 0.1) is 11.8 Å². The SMILES string of the molecule is CC1OC1(C)CNC(=O)C1CCCC1C(N)=O. The van der Waals surface area contributed by atoms with E-state index in [0.29, 0.717) is 6.54 Å². The van der Waals surface area contributed by atoms with Crippen LogP contribution >= 0.6 is 0 Å². The Morgan fingerprint density at radius 3 is 2.53 bits per heavy atom. The summed E-state index contributed by atoms with van der Waals surface area (Å²) in [5.74, 6) is -0.953. The Hall–Kier alpha value is -1.10. The molecule has 4 atom stereocenters. The minimum Gasteiger partial charge on any atom is -0.369 e. The molecule has 2 fully saturated rings. The van der Waals surface area contributed by atoms with Crippen molar-refractivity contribution in [3.63, 3.8) is 0 Å².